The normalized spacial score (nSPS) is 36.8. The van der Waals surface area contributed by atoms with Gasteiger partial charge in [0.15, 0.2) is 0 Å². The van der Waals surface area contributed by atoms with Gasteiger partial charge in [0, 0.05) is 28.3 Å². The average Bonchev–Trinajstić information content (AvgIpc) is 3.33. The smallest absolute Gasteiger partial charge is 0.253 e. The Morgan fingerprint density at radius 2 is 1.59 bits per heavy atom. The second kappa shape index (κ2) is 7.19. The standard InChI is InChI=1S/C22H24Br2N2O3/c1-11-5-7-25(8-6-11)20(27)12-3-2-4-13(9-12)26-21(28)16-14-10-15(17(16)22(26)29)19(24)18(14)23/h2-4,9,11,14-19H,5-8,10H2,1H3/t14-,15-,16-,17+,18-,19+/m1/s1. The number of benzene rings is 1. The Kier molecular flexibility index (Phi) is 4.89. The number of hydrogen-bond donors (Lipinski definition) is 0. The molecule has 2 saturated carbocycles. The van der Waals surface area contributed by atoms with Gasteiger partial charge < -0.3 is 4.90 Å². The molecule has 2 heterocycles. The predicted molar refractivity (Wildman–Crippen MR) is 117 cm³/mol. The van der Waals surface area contributed by atoms with Crippen LogP contribution in [0.3, 0.4) is 0 Å². The minimum Gasteiger partial charge on any atom is -0.339 e. The van der Waals surface area contributed by atoms with E-state index in [0.29, 0.717) is 17.2 Å². The largest absolute Gasteiger partial charge is 0.339 e. The van der Waals surface area contributed by atoms with Gasteiger partial charge in [-0.05, 0) is 55.2 Å². The fourth-order valence-electron chi connectivity index (χ4n) is 5.78. The third-order valence-corrected chi connectivity index (χ3v) is 10.6. The van der Waals surface area contributed by atoms with Gasteiger partial charge in [-0.2, -0.15) is 0 Å². The number of imide groups is 1. The zero-order valence-electron chi connectivity index (χ0n) is 16.3. The minimum atomic E-state index is -0.242. The lowest BCUT2D eigenvalue weighted by Crippen LogP contribution is -2.38. The van der Waals surface area contributed by atoms with E-state index in [0.717, 1.165) is 32.4 Å². The summed E-state index contributed by atoms with van der Waals surface area (Å²) in [6.07, 6.45) is 2.95. The molecule has 1 aromatic carbocycles. The quantitative estimate of drug-likeness (QED) is 0.437. The number of amides is 3. The van der Waals surface area contributed by atoms with E-state index >= 15 is 0 Å². The highest BCUT2D eigenvalue weighted by molar-refractivity contribution is 9.12. The lowest BCUT2D eigenvalue weighted by atomic mass is 9.81. The topological polar surface area (TPSA) is 57.7 Å². The number of likely N-dealkylation sites (tertiary alicyclic amines) is 1. The summed E-state index contributed by atoms with van der Waals surface area (Å²) in [4.78, 5) is 43.1. The summed E-state index contributed by atoms with van der Waals surface area (Å²) in [6, 6.07) is 7.04. The van der Waals surface area contributed by atoms with Gasteiger partial charge in [-0.3, -0.25) is 19.3 Å². The van der Waals surface area contributed by atoms with Crippen molar-refractivity contribution < 1.29 is 14.4 Å². The summed E-state index contributed by atoms with van der Waals surface area (Å²) < 4.78 is 0. The highest BCUT2D eigenvalue weighted by Gasteiger charge is 2.66. The molecule has 5 rings (SSSR count). The van der Waals surface area contributed by atoms with Gasteiger partial charge in [0.25, 0.3) is 5.91 Å². The monoisotopic (exact) mass is 522 g/mol. The van der Waals surface area contributed by atoms with Crippen molar-refractivity contribution in [3.05, 3.63) is 29.8 Å². The van der Waals surface area contributed by atoms with Crippen molar-refractivity contribution in [1.82, 2.24) is 4.90 Å². The Bertz CT molecular complexity index is 851. The minimum absolute atomic E-state index is 0.0147. The fraction of sp³-hybridized carbons (Fsp3) is 0.591. The Morgan fingerprint density at radius 3 is 2.17 bits per heavy atom. The van der Waals surface area contributed by atoms with Crippen LogP contribution in [0.4, 0.5) is 5.69 Å². The van der Waals surface area contributed by atoms with E-state index in [1.165, 1.54) is 4.90 Å². The van der Waals surface area contributed by atoms with Crippen LogP contribution in [0.15, 0.2) is 24.3 Å². The maximum Gasteiger partial charge on any atom is 0.253 e. The second-order valence-electron chi connectivity index (χ2n) is 9.04. The first-order chi connectivity index (χ1) is 13.9. The van der Waals surface area contributed by atoms with Gasteiger partial charge in [-0.25, -0.2) is 0 Å². The number of anilines is 1. The van der Waals surface area contributed by atoms with Gasteiger partial charge in [0.05, 0.1) is 17.5 Å². The van der Waals surface area contributed by atoms with Gasteiger partial charge in [-0.1, -0.05) is 44.8 Å². The number of fused-ring (bicyclic) bond motifs is 5. The molecule has 5 nitrogen and oxygen atoms in total. The van der Waals surface area contributed by atoms with Crippen LogP contribution in [-0.4, -0.2) is 45.4 Å². The van der Waals surface area contributed by atoms with Crippen LogP contribution >= 0.6 is 31.9 Å². The van der Waals surface area contributed by atoms with Crippen molar-refractivity contribution in [1.29, 1.82) is 0 Å². The molecule has 7 heteroatoms. The van der Waals surface area contributed by atoms with Gasteiger partial charge >= 0.3 is 0 Å². The molecule has 29 heavy (non-hydrogen) atoms. The third kappa shape index (κ3) is 2.94. The molecule has 0 radical (unpaired) electrons. The van der Waals surface area contributed by atoms with Crippen LogP contribution in [0.2, 0.25) is 0 Å². The fourth-order valence-corrected chi connectivity index (χ4v) is 7.65. The zero-order valence-corrected chi connectivity index (χ0v) is 19.4. The summed E-state index contributed by atoms with van der Waals surface area (Å²) in [6.45, 7) is 3.74. The molecule has 0 spiro atoms. The van der Waals surface area contributed by atoms with Crippen LogP contribution in [0.1, 0.15) is 36.5 Å². The third-order valence-electron chi connectivity index (χ3n) is 7.41. The van der Waals surface area contributed by atoms with E-state index < -0.39 is 0 Å². The van der Waals surface area contributed by atoms with Crippen molar-refractivity contribution in [3.8, 4) is 0 Å². The first kappa shape index (κ1) is 19.7. The van der Waals surface area contributed by atoms with Crippen molar-refractivity contribution in [2.45, 2.75) is 35.8 Å². The molecule has 3 amide bonds. The van der Waals surface area contributed by atoms with E-state index in [-0.39, 0.29) is 51.0 Å². The van der Waals surface area contributed by atoms with Crippen molar-refractivity contribution >= 4 is 55.3 Å². The summed E-state index contributed by atoms with van der Waals surface area (Å²) in [7, 11) is 0. The molecule has 2 aliphatic carbocycles. The van der Waals surface area contributed by atoms with Gasteiger partial charge in [-0.15, -0.1) is 0 Å². The van der Waals surface area contributed by atoms with Gasteiger partial charge in [0.1, 0.15) is 0 Å². The number of nitrogens with zero attached hydrogens (tertiary/aromatic N) is 2. The highest BCUT2D eigenvalue weighted by Crippen LogP contribution is 2.60. The first-order valence-corrected chi connectivity index (χ1v) is 12.3. The Balaban J connectivity index is 1.41. The molecule has 2 saturated heterocycles. The Hall–Kier alpha value is -1.21. The zero-order chi connectivity index (χ0) is 20.4. The van der Waals surface area contributed by atoms with Crippen LogP contribution < -0.4 is 4.90 Å². The molecule has 2 bridgehead atoms. The summed E-state index contributed by atoms with van der Waals surface area (Å²) in [5.74, 6) is 0.324. The van der Waals surface area contributed by atoms with E-state index in [4.69, 9.17) is 0 Å². The lowest BCUT2D eigenvalue weighted by molar-refractivity contribution is -0.123. The number of carbonyl (C=O) groups is 3. The molecule has 154 valence electrons. The Labute approximate surface area is 187 Å². The summed E-state index contributed by atoms with van der Waals surface area (Å²) >= 11 is 7.44. The number of piperidine rings is 1. The Morgan fingerprint density at radius 1 is 1.00 bits per heavy atom. The number of rotatable bonds is 2. The molecule has 0 aromatic heterocycles. The average molecular weight is 524 g/mol. The molecular weight excluding hydrogens is 500 g/mol. The number of alkyl halides is 2. The summed E-state index contributed by atoms with van der Waals surface area (Å²) in [5.41, 5.74) is 1.08. The lowest BCUT2D eigenvalue weighted by Gasteiger charge is -2.30. The first-order valence-electron chi connectivity index (χ1n) is 10.4. The second-order valence-corrected chi connectivity index (χ2v) is 11.2. The number of carbonyl (C=O) groups excluding carboxylic acids is 3. The maximum atomic E-state index is 13.2. The molecular formula is C22H24Br2N2O3. The van der Waals surface area contributed by atoms with Crippen LogP contribution in [0.25, 0.3) is 0 Å². The van der Waals surface area contributed by atoms with Crippen molar-refractivity contribution in [2.24, 2.45) is 29.6 Å². The van der Waals surface area contributed by atoms with Crippen molar-refractivity contribution in [2.75, 3.05) is 18.0 Å². The SMILES string of the molecule is CC1CCN(C(=O)c2cccc(N3C(=O)[C@@H]4[C@H]5C[C@@H]([C@H](Br)[C@@H]5Br)[C@@H]4C3=O)c2)CC1. The van der Waals surface area contributed by atoms with Gasteiger partial charge in [0.2, 0.25) is 11.8 Å². The van der Waals surface area contributed by atoms with Crippen LogP contribution in [0.5, 0.6) is 0 Å². The predicted octanol–water partition coefficient (Wildman–Crippen LogP) is 3.84. The molecule has 2 aliphatic heterocycles. The number of halogens is 2. The van der Waals surface area contributed by atoms with E-state index in [9.17, 15) is 14.4 Å². The molecule has 4 fully saturated rings. The molecule has 4 aliphatic rings. The highest BCUT2D eigenvalue weighted by atomic mass is 79.9. The molecule has 0 unspecified atom stereocenters. The van der Waals surface area contributed by atoms with E-state index in [1.807, 2.05) is 4.90 Å². The summed E-state index contributed by atoms with van der Waals surface area (Å²) in [5, 5.41) is 0. The van der Waals surface area contributed by atoms with Crippen molar-refractivity contribution in [3.63, 3.8) is 0 Å². The van der Waals surface area contributed by atoms with E-state index in [2.05, 4.69) is 38.8 Å². The van der Waals surface area contributed by atoms with E-state index in [1.54, 1.807) is 24.3 Å². The molecule has 6 atom stereocenters. The van der Waals surface area contributed by atoms with Crippen LogP contribution in [-0.2, 0) is 9.59 Å². The maximum absolute atomic E-state index is 13.2. The van der Waals surface area contributed by atoms with Crippen LogP contribution in [0, 0.1) is 29.6 Å². The number of hydrogen-bond acceptors (Lipinski definition) is 3. The molecule has 1 aromatic rings. The molecule has 0 N–H and O–H groups in total.